The summed E-state index contributed by atoms with van der Waals surface area (Å²) < 4.78 is 31.6. The molecule has 3 rings (SSSR count). The summed E-state index contributed by atoms with van der Waals surface area (Å²) in [6.07, 6.45) is -1.90. The van der Waals surface area contributed by atoms with Gasteiger partial charge < -0.3 is 13.9 Å². The van der Waals surface area contributed by atoms with Crippen molar-refractivity contribution in [1.29, 1.82) is 0 Å². The van der Waals surface area contributed by atoms with Gasteiger partial charge in [0.05, 0.1) is 12.7 Å². The normalized spacial score (nSPS) is 23.5. The molecule has 146 valence electrons. The number of hydrogen-bond acceptors (Lipinski definition) is 3. The van der Waals surface area contributed by atoms with Crippen LogP contribution in [0.15, 0.2) is 60.7 Å². The van der Waals surface area contributed by atoms with E-state index in [4.69, 9.17) is 13.9 Å². The third-order valence-corrected chi connectivity index (χ3v) is 10.2. The fraction of sp³-hybridized carbons (Fsp3) is 0.455. The number of ether oxygens (including phenoxy) is 2. The third kappa shape index (κ3) is 4.01. The first-order valence-corrected chi connectivity index (χ1v) is 11.4. The molecule has 1 saturated heterocycles. The summed E-state index contributed by atoms with van der Waals surface area (Å²) in [7, 11) is -1.14. The van der Waals surface area contributed by atoms with E-state index in [-0.39, 0.29) is 11.1 Å². The highest BCUT2D eigenvalue weighted by Crippen LogP contribution is 2.37. The van der Waals surface area contributed by atoms with Crippen molar-refractivity contribution in [3.05, 3.63) is 60.7 Å². The zero-order valence-electron chi connectivity index (χ0n) is 16.5. The zero-order chi connectivity index (χ0) is 19.5. The van der Waals surface area contributed by atoms with Gasteiger partial charge >= 0.3 is 0 Å². The highest BCUT2D eigenvalue weighted by molar-refractivity contribution is 6.99. The van der Waals surface area contributed by atoms with Crippen LogP contribution >= 0.6 is 0 Å². The Morgan fingerprint density at radius 2 is 1.52 bits per heavy atom. The van der Waals surface area contributed by atoms with Crippen LogP contribution in [0.5, 0.6) is 0 Å². The van der Waals surface area contributed by atoms with Crippen LogP contribution in [0.3, 0.4) is 0 Å². The van der Waals surface area contributed by atoms with Gasteiger partial charge in [-0.3, -0.25) is 0 Å². The molecule has 0 unspecified atom stereocenters. The van der Waals surface area contributed by atoms with Gasteiger partial charge in [-0.2, -0.15) is 0 Å². The van der Waals surface area contributed by atoms with Crippen LogP contribution in [0.4, 0.5) is 4.39 Å². The Bertz CT molecular complexity index is 678. The lowest BCUT2D eigenvalue weighted by Crippen LogP contribution is -2.67. The van der Waals surface area contributed by atoms with E-state index in [2.05, 4.69) is 69.3 Å². The largest absolute Gasteiger partial charge is 0.405 e. The second kappa shape index (κ2) is 8.23. The van der Waals surface area contributed by atoms with Crippen LogP contribution in [0.25, 0.3) is 0 Å². The molecular formula is C22H29FO3Si. The Morgan fingerprint density at radius 1 is 1.00 bits per heavy atom. The summed E-state index contributed by atoms with van der Waals surface area (Å²) >= 11 is 0. The van der Waals surface area contributed by atoms with Gasteiger partial charge in [0.2, 0.25) is 0 Å². The lowest BCUT2D eigenvalue weighted by atomic mass is 10.2. The van der Waals surface area contributed by atoms with Gasteiger partial charge in [0.1, 0.15) is 0 Å². The second-order valence-corrected chi connectivity index (χ2v) is 12.4. The highest BCUT2D eigenvalue weighted by atomic mass is 28.4. The van der Waals surface area contributed by atoms with Crippen molar-refractivity contribution in [3.8, 4) is 0 Å². The molecule has 2 aromatic rings. The first kappa shape index (κ1) is 20.2. The monoisotopic (exact) mass is 388 g/mol. The Hall–Kier alpha value is -1.53. The summed E-state index contributed by atoms with van der Waals surface area (Å²) in [5, 5.41) is 2.31. The van der Waals surface area contributed by atoms with Gasteiger partial charge in [0, 0.05) is 13.5 Å². The molecule has 3 atom stereocenters. The van der Waals surface area contributed by atoms with Crippen molar-refractivity contribution in [3.63, 3.8) is 0 Å². The van der Waals surface area contributed by atoms with E-state index in [1.807, 2.05) is 12.1 Å². The van der Waals surface area contributed by atoms with Gasteiger partial charge in [0.15, 0.2) is 12.5 Å². The molecule has 1 aliphatic heterocycles. The predicted octanol–water partition coefficient (Wildman–Crippen LogP) is 3.66. The van der Waals surface area contributed by atoms with Gasteiger partial charge in [-0.15, -0.1) is 0 Å². The van der Waals surface area contributed by atoms with Gasteiger partial charge in [-0.25, -0.2) is 4.39 Å². The second-order valence-electron chi connectivity index (χ2n) is 8.09. The van der Waals surface area contributed by atoms with E-state index in [9.17, 15) is 4.39 Å². The van der Waals surface area contributed by atoms with Crippen molar-refractivity contribution >= 4 is 18.7 Å². The number of halogens is 1. The summed E-state index contributed by atoms with van der Waals surface area (Å²) in [6, 6.07) is 20.9. The molecule has 0 aliphatic carbocycles. The molecule has 0 amide bonds. The number of methoxy groups -OCH3 is 1. The molecule has 0 spiro atoms. The minimum absolute atomic E-state index is 0.107. The lowest BCUT2D eigenvalue weighted by molar-refractivity contribution is -0.140. The topological polar surface area (TPSA) is 27.7 Å². The average Bonchev–Trinajstić information content (AvgIpc) is 3.03. The molecule has 2 aromatic carbocycles. The highest BCUT2D eigenvalue weighted by Gasteiger charge is 2.51. The van der Waals surface area contributed by atoms with E-state index in [1.54, 1.807) is 0 Å². The molecule has 3 nitrogen and oxygen atoms in total. The maximum atomic E-state index is 14.0. The molecule has 1 fully saturated rings. The predicted molar refractivity (Wildman–Crippen MR) is 109 cm³/mol. The molecule has 0 radical (unpaired) electrons. The first-order chi connectivity index (χ1) is 12.9. The van der Waals surface area contributed by atoms with Gasteiger partial charge in [0.25, 0.3) is 8.32 Å². The SMILES string of the molecule is CO[C@@H]1O[C@H](CO[Si](c2ccccc2)(c2ccccc2)C(C)(C)C)C[C@@H]1F. The Balaban J connectivity index is 1.97. The third-order valence-electron chi connectivity index (χ3n) is 5.24. The van der Waals surface area contributed by atoms with Crippen LogP contribution in [-0.2, 0) is 13.9 Å². The van der Waals surface area contributed by atoms with Crippen molar-refractivity contribution in [1.82, 2.24) is 0 Å². The molecule has 0 saturated carbocycles. The maximum Gasteiger partial charge on any atom is 0.261 e. The molecular weight excluding hydrogens is 359 g/mol. The van der Waals surface area contributed by atoms with Gasteiger partial charge in [-0.1, -0.05) is 81.4 Å². The standard InChI is InChI=1S/C22H29FO3Si/c1-22(2,3)27(18-11-7-5-8-12-18,19-13-9-6-10-14-19)25-16-17-15-20(23)21(24-4)26-17/h5-14,17,20-21H,15-16H2,1-4H3/t17-,20-,21+/m0/s1. The summed E-state index contributed by atoms with van der Waals surface area (Å²) in [5.41, 5.74) is 0. The first-order valence-electron chi connectivity index (χ1n) is 9.46. The summed E-state index contributed by atoms with van der Waals surface area (Å²) in [4.78, 5) is 0. The minimum atomic E-state index is -2.61. The van der Waals surface area contributed by atoms with Crippen molar-refractivity contribution < 1.29 is 18.3 Å². The van der Waals surface area contributed by atoms with Gasteiger partial charge in [-0.05, 0) is 15.4 Å². The molecule has 0 aromatic heterocycles. The van der Waals surface area contributed by atoms with Crippen LogP contribution in [0, 0.1) is 0 Å². The van der Waals surface area contributed by atoms with E-state index in [0.29, 0.717) is 13.0 Å². The van der Waals surface area contributed by atoms with Crippen molar-refractivity contribution in [2.75, 3.05) is 13.7 Å². The molecule has 0 bridgehead atoms. The lowest BCUT2D eigenvalue weighted by Gasteiger charge is -2.43. The fourth-order valence-electron chi connectivity index (χ4n) is 3.98. The molecule has 27 heavy (non-hydrogen) atoms. The molecule has 0 N–H and O–H groups in total. The Labute approximate surface area is 162 Å². The van der Waals surface area contributed by atoms with Crippen LogP contribution in [0.1, 0.15) is 27.2 Å². The Kier molecular flexibility index (Phi) is 6.16. The van der Waals surface area contributed by atoms with E-state index in [0.717, 1.165) is 0 Å². The molecule has 1 heterocycles. The van der Waals surface area contributed by atoms with Crippen LogP contribution in [-0.4, -0.2) is 40.6 Å². The summed E-state index contributed by atoms with van der Waals surface area (Å²) in [5.74, 6) is 0. The fourth-order valence-corrected chi connectivity index (χ4v) is 8.57. The quantitative estimate of drug-likeness (QED) is 0.707. The van der Waals surface area contributed by atoms with Crippen molar-refractivity contribution in [2.45, 2.75) is 50.8 Å². The van der Waals surface area contributed by atoms with Crippen LogP contribution in [0.2, 0.25) is 5.04 Å². The van der Waals surface area contributed by atoms with E-state index < -0.39 is 20.8 Å². The molecule has 5 heteroatoms. The number of hydrogen-bond donors (Lipinski definition) is 0. The number of alkyl halides is 1. The van der Waals surface area contributed by atoms with E-state index in [1.165, 1.54) is 17.5 Å². The number of benzene rings is 2. The zero-order valence-corrected chi connectivity index (χ0v) is 17.5. The maximum absolute atomic E-state index is 14.0. The van der Waals surface area contributed by atoms with E-state index >= 15 is 0 Å². The summed E-state index contributed by atoms with van der Waals surface area (Å²) in [6.45, 7) is 7.04. The number of rotatable bonds is 6. The Morgan fingerprint density at radius 3 is 1.93 bits per heavy atom. The van der Waals surface area contributed by atoms with Crippen molar-refractivity contribution in [2.24, 2.45) is 0 Å². The van der Waals surface area contributed by atoms with Crippen LogP contribution < -0.4 is 10.4 Å². The average molecular weight is 389 g/mol. The minimum Gasteiger partial charge on any atom is -0.405 e. The smallest absolute Gasteiger partial charge is 0.261 e. The molecule has 1 aliphatic rings.